The number of rotatable bonds is 7. The maximum atomic E-state index is 2.47. The molecule has 0 N–H and O–H groups in total. The molecule has 0 amide bonds. The van der Waals surface area contributed by atoms with Crippen LogP contribution in [0, 0.1) is 35.5 Å². The van der Waals surface area contributed by atoms with Crippen molar-refractivity contribution in [3.63, 3.8) is 0 Å². The highest BCUT2D eigenvalue weighted by Gasteiger charge is 2.29. The zero-order valence-corrected chi connectivity index (χ0v) is 12.9. The van der Waals surface area contributed by atoms with Crippen LogP contribution in [-0.4, -0.2) is 0 Å². The molecular weight excluding hydrogens is 192 g/mol. The van der Waals surface area contributed by atoms with Crippen molar-refractivity contribution in [2.45, 2.75) is 68.2 Å². The Morgan fingerprint density at radius 1 is 0.750 bits per heavy atom. The molecule has 0 saturated carbocycles. The minimum absolute atomic E-state index is 0.817. The van der Waals surface area contributed by atoms with E-state index in [0.29, 0.717) is 0 Å². The Morgan fingerprint density at radius 2 is 1.25 bits per heavy atom. The van der Waals surface area contributed by atoms with Crippen molar-refractivity contribution >= 4 is 0 Å². The Hall–Kier alpha value is 0. The van der Waals surface area contributed by atoms with Crippen LogP contribution >= 0.6 is 0 Å². The maximum absolute atomic E-state index is 2.47. The fraction of sp³-hybridized carbons (Fsp3) is 1.00. The van der Waals surface area contributed by atoms with E-state index in [-0.39, 0.29) is 0 Å². The fourth-order valence-electron chi connectivity index (χ4n) is 3.43. The van der Waals surface area contributed by atoms with E-state index >= 15 is 0 Å². The normalized spacial score (nSPS) is 19.9. The third-order valence-electron chi connectivity index (χ3n) is 4.42. The van der Waals surface area contributed by atoms with Crippen LogP contribution < -0.4 is 0 Å². The second kappa shape index (κ2) is 7.35. The van der Waals surface area contributed by atoms with Gasteiger partial charge in [-0.1, -0.05) is 61.8 Å². The van der Waals surface area contributed by atoms with E-state index in [1.165, 1.54) is 12.8 Å². The predicted octanol–water partition coefficient (Wildman–Crippen LogP) is 5.62. The summed E-state index contributed by atoms with van der Waals surface area (Å²) in [6.45, 7) is 19.2. The molecule has 0 spiro atoms. The molecule has 0 bridgehead atoms. The van der Waals surface area contributed by atoms with E-state index in [1.807, 2.05) is 0 Å². The van der Waals surface area contributed by atoms with Crippen molar-refractivity contribution < 1.29 is 0 Å². The van der Waals surface area contributed by atoms with Crippen LogP contribution in [0.5, 0.6) is 0 Å². The highest BCUT2D eigenvalue weighted by atomic mass is 14.3. The highest BCUT2D eigenvalue weighted by Crippen LogP contribution is 2.37. The van der Waals surface area contributed by atoms with Gasteiger partial charge in [-0.25, -0.2) is 0 Å². The van der Waals surface area contributed by atoms with E-state index in [4.69, 9.17) is 0 Å². The summed E-state index contributed by atoms with van der Waals surface area (Å²) in [5.41, 5.74) is 0. The standard InChI is InChI=1S/C16H34/c1-9-13(6)15(8)16(12(4)5)14(7)10-11(2)3/h11-16H,9-10H2,1-8H3. The van der Waals surface area contributed by atoms with Gasteiger partial charge in [0, 0.05) is 0 Å². The van der Waals surface area contributed by atoms with Crippen LogP contribution in [0.25, 0.3) is 0 Å². The van der Waals surface area contributed by atoms with Crippen molar-refractivity contribution in [1.29, 1.82) is 0 Å². The number of hydrogen-bond acceptors (Lipinski definition) is 0. The molecule has 0 fully saturated rings. The third-order valence-corrected chi connectivity index (χ3v) is 4.42. The van der Waals surface area contributed by atoms with Gasteiger partial charge in [0.05, 0.1) is 0 Å². The first-order valence-electron chi connectivity index (χ1n) is 7.31. The van der Waals surface area contributed by atoms with Crippen molar-refractivity contribution in [3.05, 3.63) is 0 Å². The molecule has 0 aliphatic heterocycles. The highest BCUT2D eigenvalue weighted by molar-refractivity contribution is 4.78. The molecule has 0 rings (SSSR count). The molecule has 0 aromatic carbocycles. The van der Waals surface area contributed by atoms with Gasteiger partial charge >= 0.3 is 0 Å². The minimum Gasteiger partial charge on any atom is -0.0651 e. The van der Waals surface area contributed by atoms with Gasteiger partial charge < -0.3 is 0 Å². The van der Waals surface area contributed by atoms with E-state index in [2.05, 4.69) is 55.4 Å². The molecular formula is C16H34. The summed E-state index contributed by atoms with van der Waals surface area (Å²) >= 11 is 0. The molecule has 4 atom stereocenters. The van der Waals surface area contributed by atoms with Crippen molar-refractivity contribution in [2.24, 2.45) is 35.5 Å². The maximum Gasteiger partial charge on any atom is -0.0337 e. The van der Waals surface area contributed by atoms with E-state index < -0.39 is 0 Å². The summed E-state index contributed by atoms with van der Waals surface area (Å²) in [5, 5.41) is 0. The summed E-state index contributed by atoms with van der Waals surface area (Å²) in [5.74, 6) is 5.13. The first-order valence-corrected chi connectivity index (χ1v) is 7.31. The lowest BCUT2D eigenvalue weighted by Crippen LogP contribution is -2.29. The first kappa shape index (κ1) is 16.0. The van der Waals surface area contributed by atoms with Crippen LogP contribution in [0.15, 0.2) is 0 Å². The number of hydrogen-bond donors (Lipinski definition) is 0. The molecule has 0 aromatic heterocycles. The molecule has 98 valence electrons. The topological polar surface area (TPSA) is 0 Å². The lowest BCUT2D eigenvalue weighted by Gasteiger charge is -2.37. The molecule has 4 unspecified atom stereocenters. The fourth-order valence-corrected chi connectivity index (χ4v) is 3.43. The molecule has 0 aliphatic carbocycles. The van der Waals surface area contributed by atoms with Gasteiger partial charge in [-0.2, -0.15) is 0 Å². The van der Waals surface area contributed by atoms with Crippen molar-refractivity contribution in [1.82, 2.24) is 0 Å². The van der Waals surface area contributed by atoms with Crippen LogP contribution in [0.4, 0.5) is 0 Å². The third kappa shape index (κ3) is 4.89. The Labute approximate surface area is 104 Å². The summed E-state index contributed by atoms with van der Waals surface area (Å²) in [6, 6.07) is 0. The van der Waals surface area contributed by atoms with Crippen LogP contribution in [-0.2, 0) is 0 Å². The Bertz CT molecular complexity index is 169. The zero-order valence-electron chi connectivity index (χ0n) is 12.9. The molecule has 0 heteroatoms. The molecule has 0 saturated heterocycles. The monoisotopic (exact) mass is 226 g/mol. The quantitative estimate of drug-likeness (QED) is 0.528. The average Bonchev–Trinajstić information content (AvgIpc) is 2.14. The van der Waals surface area contributed by atoms with Gasteiger partial charge in [-0.3, -0.25) is 0 Å². The Balaban J connectivity index is 4.59. The Kier molecular flexibility index (Phi) is 7.35. The van der Waals surface area contributed by atoms with Gasteiger partial charge in [0.2, 0.25) is 0 Å². The summed E-state index contributed by atoms with van der Waals surface area (Å²) < 4.78 is 0. The van der Waals surface area contributed by atoms with Gasteiger partial charge in [0.25, 0.3) is 0 Å². The average molecular weight is 226 g/mol. The minimum atomic E-state index is 0.817. The lowest BCUT2D eigenvalue weighted by atomic mass is 9.69. The lowest BCUT2D eigenvalue weighted by molar-refractivity contribution is 0.125. The van der Waals surface area contributed by atoms with Gasteiger partial charge in [-0.15, -0.1) is 0 Å². The summed E-state index contributed by atoms with van der Waals surface area (Å²) in [4.78, 5) is 0. The second-order valence-corrected chi connectivity index (χ2v) is 6.67. The second-order valence-electron chi connectivity index (χ2n) is 6.67. The molecule has 0 nitrogen and oxygen atoms in total. The van der Waals surface area contributed by atoms with Crippen LogP contribution in [0.1, 0.15) is 68.2 Å². The molecule has 0 radical (unpaired) electrons. The zero-order chi connectivity index (χ0) is 12.9. The first-order chi connectivity index (χ1) is 7.31. The van der Waals surface area contributed by atoms with Crippen LogP contribution in [0.3, 0.4) is 0 Å². The summed E-state index contributed by atoms with van der Waals surface area (Å²) in [6.07, 6.45) is 2.70. The largest absolute Gasteiger partial charge is 0.0651 e. The molecule has 0 aromatic rings. The van der Waals surface area contributed by atoms with Crippen molar-refractivity contribution in [3.8, 4) is 0 Å². The molecule has 0 heterocycles. The SMILES string of the molecule is CCC(C)C(C)C(C(C)C)C(C)CC(C)C. The van der Waals surface area contributed by atoms with E-state index in [1.54, 1.807) is 0 Å². The van der Waals surface area contributed by atoms with Gasteiger partial charge in [-0.05, 0) is 41.9 Å². The van der Waals surface area contributed by atoms with Crippen LogP contribution in [0.2, 0.25) is 0 Å². The van der Waals surface area contributed by atoms with E-state index in [0.717, 1.165) is 35.5 Å². The van der Waals surface area contributed by atoms with Crippen molar-refractivity contribution in [2.75, 3.05) is 0 Å². The van der Waals surface area contributed by atoms with E-state index in [9.17, 15) is 0 Å². The summed E-state index contributed by atoms with van der Waals surface area (Å²) in [7, 11) is 0. The Morgan fingerprint density at radius 3 is 1.56 bits per heavy atom. The predicted molar refractivity (Wildman–Crippen MR) is 75.6 cm³/mol. The smallest absolute Gasteiger partial charge is 0.0337 e. The molecule has 0 aliphatic rings. The van der Waals surface area contributed by atoms with Gasteiger partial charge in [0.15, 0.2) is 0 Å². The molecule has 16 heavy (non-hydrogen) atoms. The van der Waals surface area contributed by atoms with Gasteiger partial charge in [0.1, 0.15) is 0 Å².